The summed E-state index contributed by atoms with van der Waals surface area (Å²) < 4.78 is 1.24. The van der Waals surface area contributed by atoms with Crippen LogP contribution in [0.2, 0.25) is 0 Å². The third-order valence-corrected chi connectivity index (χ3v) is 3.81. The van der Waals surface area contributed by atoms with Crippen molar-refractivity contribution in [3.05, 3.63) is 34.3 Å². The van der Waals surface area contributed by atoms with E-state index in [1.807, 2.05) is 0 Å². The average molecular weight is 254 g/mol. The number of piperidine rings is 1. The Kier molecular flexibility index (Phi) is 2.93. The van der Waals surface area contributed by atoms with E-state index >= 15 is 0 Å². The van der Waals surface area contributed by atoms with Gasteiger partial charge in [0.25, 0.3) is 0 Å². The van der Waals surface area contributed by atoms with Gasteiger partial charge >= 0.3 is 0 Å². The summed E-state index contributed by atoms with van der Waals surface area (Å²) in [6.45, 7) is 4.61. The Hall–Kier alpha value is -0.340. The predicted molar refractivity (Wildman–Crippen MR) is 63.6 cm³/mol. The average Bonchev–Trinajstić information content (AvgIpc) is 2.19. The lowest BCUT2D eigenvalue weighted by atomic mass is 9.77. The van der Waals surface area contributed by atoms with Crippen LogP contribution < -0.4 is 5.32 Å². The van der Waals surface area contributed by atoms with E-state index in [0.29, 0.717) is 5.41 Å². The molecule has 1 saturated heterocycles. The number of hydrogen-bond acceptors (Lipinski definition) is 1. The molecule has 1 fully saturated rings. The zero-order chi connectivity index (χ0) is 10.0. The molecule has 1 nitrogen and oxygen atoms in total. The third kappa shape index (κ3) is 1.86. The summed E-state index contributed by atoms with van der Waals surface area (Å²) in [4.78, 5) is 0. The molecule has 0 aliphatic carbocycles. The predicted octanol–water partition coefficient (Wildman–Crippen LogP) is 3.09. The molecule has 1 aliphatic rings. The summed E-state index contributed by atoms with van der Waals surface area (Å²) in [5.74, 6) is 0. The number of nitrogens with one attached hydrogen (secondary N) is 1. The summed E-state index contributed by atoms with van der Waals surface area (Å²) in [6.07, 6.45) is 2.56. The highest BCUT2D eigenvalue weighted by Crippen LogP contribution is 2.34. The van der Waals surface area contributed by atoms with Gasteiger partial charge in [0.15, 0.2) is 0 Å². The standard InChI is InChI=1S/C12H16BrN/c1-12(7-4-8-14-9-12)10-5-2-3-6-11(10)13/h2-3,5-6,14H,4,7-9H2,1H3. The molecule has 76 valence electrons. The van der Waals surface area contributed by atoms with E-state index in [1.54, 1.807) is 0 Å². The molecular formula is C12H16BrN. The van der Waals surface area contributed by atoms with Gasteiger partial charge in [0.1, 0.15) is 0 Å². The van der Waals surface area contributed by atoms with Crippen molar-refractivity contribution in [3.63, 3.8) is 0 Å². The molecule has 1 unspecified atom stereocenters. The Morgan fingerprint density at radius 1 is 1.36 bits per heavy atom. The number of halogens is 1. The van der Waals surface area contributed by atoms with Gasteiger partial charge in [0.05, 0.1) is 0 Å². The van der Waals surface area contributed by atoms with Gasteiger partial charge in [-0.25, -0.2) is 0 Å². The van der Waals surface area contributed by atoms with Gasteiger partial charge in [-0.05, 0) is 31.0 Å². The van der Waals surface area contributed by atoms with Crippen molar-refractivity contribution in [3.8, 4) is 0 Å². The van der Waals surface area contributed by atoms with E-state index in [1.165, 1.54) is 29.4 Å². The first-order valence-corrected chi connectivity index (χ1v) is 5.97. The molecule has 0 saturated carbocycles. The van der Waals surface area contributed by atoms with Crippen LogP contribution in [0.4, 0.5) is 0 Å². The minimum atomic E-state index is 0.304. The van der Waals surface area contributed by atoms with Crippen LogP contribution in [0.15, 0.2) is 28.7 Å². The highest BCUT2D eigenvalue weighted by molar-refractivity contribution is 9.10. The Bertz CT molecular complexity index is 316. The minimum Gasteiger partial charge on any atom is -0.316 e. The number of hydrogen-bond donors (Lipinski definition) is 1. The molecule has 0 bridgehead atoms. The summed E-state index contributed by atoms with van der Waals surface area (Å²) in [5.41, 5.74) is 1.74. The molecule has 1 aromatic carbocycles. The van der Waals surface area contributed by atoms with Crippen molar-refractivity contribution in [2.75, 3.05) is 13.1 Å². The lowest BCUT2D eigenvalue weighted by Crippen LogP contribution is -2.41. The fourth-order valence-corrected chi connectivity index (χ4v) is 3.00. The molecule has 1 N–H and O–H groups in total. The van der Waals surface area contributed by atoms with Gasteiger partial charge in [-0.15, -0.1) is 0 Å². The number of benzene rings is 1. The monoisotopic (exact) mass is 253 g/mol. The topological polar surface area (TPSA) is 12.0 Å². The lowest BCUT2D eigenvalue weighted by molar-refractivity contribution is 0.338. The maximum atomic E-state index is 3.64. The van der Waals surface area contributed by atoms with Gasteiger partial charge in [-0.1, -0.05) is 41.1 Å². The fourth-order valence-electron chi connectivity index (χ4n) is 2.24. The van der Waals surface area contributed by atoms with Crippen LogP contribution in [-0.4, -0.2) is 13.1 Å². The van der Waals surface area contributed by atoms with E-state index in [4.69, 9.17) is 0 Å². The molecule has 1 atom stereocenters. The van der Waals surface area contributed by atoms with Crippen LogP contribution in [0.3, 0.4) is 0 Å². The van der Waals surface area contributed by atoms with Crippen LogP contribution in [0.25, 0.3) is 0 Å². The van der Waals surface area contributed by atoms with Crippen molar-refractivity contribution in [2.24, 2.45) is 0 Å². The van der Waals surface area contributed by atoms with E-state index in [0.717, 1.165) is 6.54 Å². The van der Waals surface area contributed by atoms with Gasteiger partial charge in [0.2, 0.25) is 0 Å². The van der Waals surface area contributed by atoms with E-state index in [9.17, 15) is 0 Å². The van der Waals surface area contributed by atoms with Crippen molar-refractivity contribution in [1.29, 1.82) is 0 Å². The Morgan fingerprint density at radius 3 is 2.79 bits per heavy atom. The van der Waals surface area contributed by atoms with Crippen LogP contribution in [-0.2, 0) is 5.41 Å². The molecule has 0 spiro atoms. The first kappa shape index (κ1) is 10.2. The Balaban J connectivity index is 2.32. The molecule has 14 heavy (non-hydrogen) atoms. The maximum Gasteiger partial charge on any atom is 0.0213 e. The quantitative estimate of drug-likeness (QED) is 0.812. The van der Waals surface area contributed by atoms with Crippen molar-refractivity contribution < 1.29 is 0 Å². The van der Waals surface area contributed by atoms with E-state index in [-0.39, 0.29) is 0 Å². The SMILES string of the molecule is CC1(c2ccccc2Br)CCCNC1. The normalized spacial score (nSPS) is 27.6. The smallest absolute Gasteiger partial charge is 0.0213 e. The largest absolute Gasteiger partial charge is 0.316 e. The van der Waals surface area contributed by atoms with E-state index in [2.05, 4.69) is 52.4 Å². The van der Waals surface area contributed by atoms with Crippen LogP contribution in [0.1, 0.15) is 25.3 Å². The first-order valence-electron chi connectivity index (χ1n) is 5.18. The molecule has 1 aliphatic heterocycles. The molecule has 1 aromatic rings. The molecule has 0 amide bonds. The van der Waals surface area contributed by atoms with Gasteiger partial charge in [-0.3, -0.25) is 0 Å². The zero-order valence-electron chi connectivity index (χ0n) is 8.52. The fraction of sp³-hybridized carbons (Fsp3) is 0.500. The van der Waals surface area contributed by atoms with Crippen LogP contribution >= 0.6 is 15.9 Å². The Labute approximate surface area is 94.0 Å². The molecule has 0 aromatic heterocycles. The zero-order valence-corrected chi connectivity index (χ0v) is 10.1. The molecule has 1 heterocycles. The molecular weight excluding hydrogens is 238 g/mol. The lowest BCUT2D eigenvalue weighted by Gasteiger charge is -2.35. The highest BCUT2D eigenvalue weighted by atomic mass is 79.9. The molecule has 2 rings (SSSR count). The molecule has 0 radical (unpaired) electrons. The third-order valence-electron chi connectivity index (χ3n) is 3.12. The second-order valence-corrected chi connectivity index (χ2v) is 5.18. The van der Waals surface area contributed by atoms with Gasteiger partial charge < -0.3 is 5.32 Å². The number of rotatable bonds is 1. The van der Waals surface area contributed by atoms with Gasteiger partial charge in [-0.2, -0.15) is 0 Å². The summed E-state index contributed by atoms with van der Waals surface area (Å²) in [6, 6.07) is 8.57. The van der Waals surface area contributed by atoms with Gasteiger partial charge in [0, 0.05) is 16.4 Å². The minimum absolute atomic E-state index is 0.304. The summed E-state index contributed by atoms with van der Waals surface area (Å²) >= 11 is 3.64. The second kappa shape index (κ2) is 4.03. The summed E-state index contributed by atoms with van der Waals surface area (Å²) in [7, 11) is 0. The first-order chi connectivity index (χ1) is 6.72. The van der Waals surface area contributed by atoms with Crippen molar-refractivity contribution in [1.82, 2.24) is 5.32 Å². The second-order valence-electron chi connectivity index (χ2n) is 4.32. The highest BCUT2D eigenvalue weighted by Gasteiger charge is 2.29. The van der Waals surface area contributed by atoms with Crippen molar-refractivity contribution >= 4 is 15.9 Å². The van der Waals surface area contributed by atoms with Crippen LogP contribution in [0.5, 0.6) is 0 Å². The van der Waals surface area contributed by atoms with Crippen LogP contribution in [0, 0.1) is 0 Å². The summed E-state index contributed by atoms with van der Waals surface area (Å²) in [5, 5.41) is 3.48. The maximum absolute atomic E-state index is 3.64. The van der Waals surface area contributed by atoms with Crippen molar-refractivity contribution in [2.45, 2.75) is 25.2 Å². The van der Waals surface area contributed by atoms with E-state index < -0.39 is 0 Å². The molecule has 2 heteroatoms. The Morgan fingerprint density at radius 2 is 2.14 bits per heavy atom.